The Labute approximate surface area is 111 Å². The Morgan fingerprint density at radius 3 is 2.44 bits per heavy atom. The lowest BCUT2D eigenvalue weighted by atomic mass is 9.92. The first-order chi connectivity index (χ1) is 8.28. The third kappa shape index (κ3) is 3.01. The second-order valence-corrected chi connectivity index (χ2v) is 4.94. The molecule has 0 aliphatic carbocycles. The van der Waals surface area contributed by atoms with Gasteiger partial charge in [0, 0.05) is 10.7 Å². The number of nitrogens with one attached hydrogen (secondary N) is 1. The number of rotatable bonds is 3. The minimum atomic E-state index is -1.24. The molecule has 0 fully saturated rings. The smallest absolute Gasteiger partial charge is 0.320 e. The van der Waals surface area contributed by atoms with E-state index in [-0.39, 0.29) is 0 Å². The summed E-state index contributed by atoms with van der Waals surface area (Å²) in [6, 6.07) is 5.16. The van der Waals surface area contributed by atoms with Gasteiger partial charge >= 0.3 is 5.97 Å². The van der Waals surface area contributed by atoms with E-state index in [4.69, 9.17) is 11.6 Å². The summed E-state index contributed by atoms with van der Waals surface area (Å²) in [6.07, 6.45) is 0. The Bertz CT molecular complexity index is 483. The second kappa shape index (κ2) is 5.40. The molecule has 1 rings (SSSR count). The molecule has 0 unspecified atom stereocenters. The zero-order valence-electron chi connectivity index (χ0n) is 10.8. The summed E-state index contributed by atoms with van der Waals surface area (Å²) in [5.74, 6) is -1.02. The molecular formula is C13H16ClNO3. The maximum Gasteiger partial charge on any atom is 0.320 e. The summed E-state index contributed by atoms with van der Waals surface area (Å²) >= 11 is 5.96. The van der Waals surface area contributed by atoms with Crippen LogP contribution >= 0.6 is 11.6 Å². The highest BCUT2D eigenvalue weighted by Crippen LogP contribution is 2.23. The fourth-order valence-electron chi connectivity index (χ4n) is 1.31. The van der Waals surface area contributed by atoms with E-state index in [9.17, 15) is 9.59 Å². The van der Waals surface area contributed by atoms with Gasteiger partial charge in [0.2, 0.25) is 5.91 Å². The van der Waals surface area contributed by atoms with Gasteiger partial charge in [0.05, 0.1) is 7.11 Å². The van der Waals surface area contributed by atoms with Crippen molar-refractivity contribution in [1.82, 2.24) is 0 Å². The lowest BCUT2D eigenvalue weighted by Crippen LogP contribution is -2.38. The van der Waals surface area contributed by atoms with Crippen LogP contribution in [-0.2, 0) is 14.3 Å². The molecule has 98 valence electrons. The number of halogens is 1. The van der Waals surface area contributed by atoms with Crippen molar-refractivity contribution in [2.45, 2.75) is 20.8 Å². The summed E-state index contributed by atoms with van der Waals surface area (Å²) in [5.41, 5.74) is 0.223. The summed E-state index contributed by atoms with van der Waals surface area (Å²) in [6.45, 7) is 4.88. The van der Waals surface area contributed by atoms with Gasteiger partial charge in [0.25, 0.3) is 0 Å². The van der Waals surface area contributed by atoms with Crippen LogP contribution in [-0.4, -0.2) is 19.0 Å². The van der Waals surface area contributed by atoms with E-state index in [0.29, 0.717) is 10.7 Å². The number of anilines is 1. The van der Waals surface area contributed by atoms with E-state index in [1.54, 1.807) is 18.2 Å². The molecule has 0 aliphatic heterocycles. The monoisotopic (exact) mass is 269 g/mol. The first-order valence-electron chi connectivity index (χ1n) is 5.45. The SMILES string of the molecule is COC(=O)C(C)(C)C(=O)Nc1ccc(C)c(Cl)c1. The number of ether oxygens (including phenoxy) is 1. The molecule has 0 saturated carbocycles. The third-order valence-corrected chi connectivity index (χ3v) is 3.10. The Morgan fingerprint density at radius 2 is 1.94 bits per heavy atom. The van der Waals surface area contributed by atoms with Crippen LogP contribution in [0.3, 0.4) is 0 Å². The fourth-order valence-corrected chi connectivity index (χ4v) is 1.49. The normalized spacial score (nSPS) is 10.9. The van der Waals surface area contributed by atoms with Crippen molar-refractivity contribution in [2.24, 2.45) is 5.41 Å². The summed E-state index contributed by atoms with van der Waals surface area (Å²) < 4.78 is 4.59. The number of carbonyl (C=O) groups excluding carboxylic acids is 2. The van der Waals surface area contributed by atoms with Crippen molar-refractivity contribution in [2.75, 3.05) is 12.4 Å². The zero-order valence-corrected chi connectivity index (χ0v) is 11.6. The molecule has 18 heavy (non-hydrogen) atoms. The molecule has 1 aromatic rings. The highest BCUT2D eigenvalue weighted by Gasteiger charge is 2.37. The predicted molar refractivity (Wildman–Crippen MR) is 70.6 cm³/mol. The average Bonchev–Trinajstić information content (AvgIpc) is 2.32. The van der Waals surface area contributed by atoms with Crippen molar-refractivity contribution >= 4 is 29.2 Å². The van der Waals surface area contributed by atoms with E-state index in [2.05, 4.69) is 10.1 Å². The molecule has 0 radical (unpaired) electrons. The van der Waals surface area contributed by atoms with Crippen LogP contribution in [0.5, 0.6) is 0 Å². The number of hydrogen-bond donors (Lipinski definition) is 1. The molecule has 0 saturated heterocycles. The molecule has 1 N–H and O–H groups in total. The third-order valence-electron chi connectivity index (χ3n) is 2.69. The summed E-state index contributed by atoms with van der Waals surface area (Å²) in [7, 11) is 1.25. The van der Waals surface area contributed by atoms with Gasteiger partial charge in [-0.25, -0.2) is 0 Å². The molecule has 0 aliphatic rings. The van der Waals surface area contributed by atoms with Crippen molar-refractivity contribution in [3.05, 3.63) is 28.8 Å². The number of hydrogen-bond acceptors (Lipinski definition) is 3. The van der Waals surface area contributed by atoms with Gasteiger partial charge in [0.15, 0.2) is 0 Å². The number of benzene rings is 1. The van der Waals surface area contributed by atoms with E-state index >= 15 is 0 Å². The molecule has 4 nitrogen and oxygen atoms in total. The molecule has 1 amide bonds. The number of esters is 1. The molecule has 0 spiro atoms. The zero-order chi connectivity index (χ0) is 13.9. The van der Waals surface area contributed by atoms with Gasteiger partial charge in [-0.3, -0.25) is 9.59 Å². The van der Waals surface area contributed by atoms with Crippen molar-refractivity contribution in [3.63, 3.8) is 0 Å². The molecular weight excluding hydrogens is 254 g/mol. The Balaban J connectivity index is 2.87. The molecule has 0 aromatic heterocycles. The van der Waals surface area contributed by atoms with Crippen LogP contribution < -0.4 is 5.32 Å². The van der Waals surface area contributed by atoms with E-state index in [0.717, 1.165) is 5.56 Å². The van der Waals surface area contributed by atoms with Gasteiger partial charge in [-0.05, 0) is 38.5 Å². The van der Waals surface area contributed by atoms with Gasteiger partial charge in [-0.15, -0.1) is 0 Å². The minimum absolute atomic E-state index is 0.436. The highest BCUT2D eigenvalue weighted by atomic mass is 35.5. The number of carbonyl (C=O) groups is 2. The first kappa shape index (κ1) is 14.5. The quantitative estimate of drug-likeness (QED) is 0.678. The van der Waals surface area contributed by atoms with Crippen LogP contribution in [0.4, 0.5) is 5.69 Å². The summed E-state index contributed by atoms with van der Waals surface area (Å²) in [5, 5.41) is 3.20. The largest absolute Gasteiger partial charge is 0.468 e. The fraction of sp³-hybridized carbons (Fsp3) is 0.385. The van der Waals surface area contributed by atoms with E-state index in [1.807, 2.05) is 6.92 Å². The number of amides is 1. The van der Waals surface area contributed by atoms with Gasteiger partial charge in [-0.2, -0.15) is 0 Å². The van der Waals surface area contributed by atoms with Crippen molar-refractivity contribution in [3.8, 4) is 0 Å². The van der Waals surface area contributed by atoms with Gasteiger partial charge in [0.1, 0.15) is 5.41 Å². The van der Waals surface area contributed by atoms with Crippen LogP contribution in [0.15, 0.2) is 18.2 Å². The standard InChI is InChI=1S/C13H16ClNO3/c1-8-5-6-9(7-10(8)14)15-11(16)13(2,3)12(17)18-4/h5-7H,1-4H3,(H,15,16). The van der Waals surface area contributed by atoms with Crippen molar-refractivity contribution in [1.29, 1.82) is 0 Å². The van der Waals surface area contributed by atoms with Gasteiger partial charge < -0.3 is 10.1 Å². The first-order valence-corrected chi connectivity index (χ1v) is 5.83. The van der Waals surface area contributed by atoms with E-state index in [1.165, 1.54) is 21.0 Å². The van der Waals surface area contributed by atoms with Crippen LogP contribution in [0, 0.1) is 12.3 Å². The molecule has 0 bridgehead atoms. The summed E-state index contributed by atoms with van der Waals surface area (Å²) in [4.78, 5) is 23.5. The lowest BCUT2D eigenvalue weighted by molar-refractivity contribution is -0.154. The van der Waals surface area contributed by atoms with Crippen molar-refractivity contribution < 1.29 is 14.3 Å². The lowest BCUT2D eigenvalue weighted by Gasteiger charge is -2.20. The highest BCUT2D eigenvalue weighted by molar-refractivity contribution is 6.31. The Kier molecular flexibility index (Phi) is 4.35. The van der Waals surface area contributed by atoms with E-state index < -0.39 is 17.3 Å². The maximum absolute atomic E-state index is 12.0. The number of aryl methyl sites for hydroxylation is 1. The second-order valence-electron chi connectivity index (χ2n) is 4.53. The predicted octanol–water partition coefficient (Wildman–Crippen LogP) is 2.79. The maximum atomic E-state index is 12.0. The Morgan fingerprint density at radius 1 is 1.33 bits per heavy atom. The molecule has 1 aromatic carbocycles. The van der Waals surface area contributed by atoms with Crippen LogP contribution in [0.25, 0.3) is 0 Å². The Hall–Kier alpha value is -1.55. The van der Waals surface area contributed by atoms with Crippen LogP contribution in [0.2, 0.25) is 5.02 Å². The molecule has 0 heterocycles. The number of methoxy groups -OCH3 is 1. The minimum Gasteiger partial charge on any atom is -0.468 e. The van der Waals surface area contributed by atoms with Gasteiger partial charge in [-0.1, -0.05) is 17.7 Å². The van der Waals surface area contributed by atoms with Crippen LogP contribution in [0.1, 0.15) is 19.4 Å². The molecule has 0 atom stereocenters. The average molecular weight is 270 g/mol. The molecule has 5 heteroatoms. The topological polar surface area (TPSA) is 55.4 Å².